The van der Waals surface area contributed by atoms with Crippen LogP contribution in [0.4, 0.5) is 0 Å². The van der Waals surface area contributed by atoms with Crippen LogP contribution in [0.25, 0.3) is 0 Å². The fourth-order valence-corrected chi connectivity index (χ4v) is 2.12. The van der Waals surface area contributed by atoms with E-state index in [1.807, 2.05) is 0 Å². The first-order valence-electron chi connectivity index (χ1n) is 5.68. The molecule has 82 valence electrons. The van der Waals surface area contributed by atoms with Gasteiger partial charge in [0.05, 0.1) is 0 Å². The molecule has 1 aromatic rings. The third kappa shape index (κ3) is 1.92. The van der Waals surface area contributed by atoms with Crippen LogP contribution < -0.4 is 5.32 Å². The lowest BCUT2D eigenvalue weighted by molar-refractivity contribution is 0.108. The van der Waals surface area contributed by atoms with Crippen molar-refractivity contribution in [2.24, 2.45) is 5.92 Å². The minimum atomic E-state index is 0.182. The van der Waals surface area contributed by atoms with Gasteiger partial charge >= 0.3 is 0 Å². The standard InChI is InChI=1S/C11H16N2O2/c1-2-10(14-3-1)9-7-15-11(13-9)4-8-5-12-6-8/h7-8,10,12H,1-6H2. The highest BCUT2D eigenvalue weighted by Gasteiger charge is 2.23. The molecule has 2 aliphatic rings. The quantitative estimate of drug-likeness (QED) is 0.813. The lowest BCUT2D eigenvalue weighted by Crippen LogP contribution is -2.43. The molecule has 0 saturated carbocycles. The molecule has 4 nitrogen and oxygen atoms in total. The van der Waals surface area contributed by atoms with Crippen molar-refractivity contribution in [1.82, 2.24) is 10.3 Å². The van der Waals surface area contributed by atoms with Crippen LogP contribution in [0.5, 0.6) is 0 Å². The van der Waals surface area contributed by atoms with E-state index in [4.69, 9.17) is 9.15 Å². The topological polar surface area (TPSA) is 47.3 Å². The number of nitrogens with one attached hydrogen (secondary N) is 1. The van der Waals surface area contributed by atoms with E-state index < -0.39 is 0 Å². The van der Waals surface area contributed by atoms with Gasteiger partial charge in [-0.2, -0.15) is 0 Å². The van der Waals surface area contributed by atoms with Crippen LogP contribution in [0.3, 0.4) is 0 Å². The molecule has 4 heteroatoms. The molecule has 0 aliphatic carbocycles. The maximum Gasteiger partial charge on any atom is 0.194 e. The van der Waals surface area contributed by atoms with Gasteiger partial charge < -0.3 is 14.5 Å². The Balaban J connectivity index is 1.64. The van der Waals surface area contributed by atoms with Crippen LogP contribution in [-0.2, 0) is 11.2 Å². The Bertz CT molecular complexity index is 327. The molecule has 3 heterocycles. The number of ether oxygens (including phenoxy) is 1. The predicted octanol–water partition coefficient (Wildman–Crippen LogP) is 1.29. The molecule has 0 radical (unpaired) electrons. The second kappa shape index (κ2) is 3.94. The van der Waals surface area contributed by atoms with Crippen molar-refractivity contribution in [3.05, 3.63) is 17.8 Å². The number of nitrogens with zero attached hydrogens (tertiary/aromatic N) is 1. The molecule has 3 rings (SSSR count). The molecule has 0 spiro atoms. The van der Waals surface area contributed by atoms with Gasteiger partial charge in [-0.1, -0.05) is 0 Å². The molecule has 0 bridgehead atoms. The highest BCUT2D eigenvalue weighted by atomic mass is 16.5. The van der Waals surface area contributed by atoms with Gasteiger partial charge in [-0.3, -0.25) is 0 Å². The van der Waals surface area contributed by atoms with Crippen LogP contribution in [-0.4, -0.2) is 24.7 Å². The zero-order chi connectivity index (χ0) is 10.1. The molecule has 1 aromatic heterocycles. The first kappa shape index (κ1) is 9.36. The van der Waals surface area contributed by atoms with Crippen molar-refractivity contribution in [1.29, 1.82) is 0 Å². The van der Waals surface area contributed by atoms with E-state index in [0.29, 0.717) is 5.92 Å². The largest absolute Gasteiger partial charge is 0.449 e. The van der Waals surface area contributed by atoms with Gasteiger partial charge in [-0.05, 0) is 31.8 Å². The molecule has 0 amide bonds. The number of aromatic nitrogens is 1. The SMILES string of the molecule is c1oc(CC2CNC2)nc1C1CCCO1. The van der Waals surface area contributed by atoms with Gasteiger partial charge in [0.15, 0.2) is 5.89 Å². The average molecular weight is 208 g/mol. The minimum absolute atomic E-state index is 0.182. The smallest absolute Gasteiger partial charge is 0.194 e. The highest BCUT2D eigenvalue weighted by molar-refractivity contribution is 5.03. The average Bonchev–Trinajstić information content (AvgIpc) is 2.82. The summed E-state index contributed by atoms with van der Waals surface area (Å²) >= 11 is 0. The van der Waals surface area contributed by atoms with Crippen LogP contribution >= 0.6 is 0 Å². The van der Waals surface area contributed by atoms with E-state index in [1.54, 1.807) is 6.26 Å². The summed E-state index contributed by atoms with van der Waals surface area (Å²) in [6.45, 7) is 3.05. The van der Waals surface area contributed by atoms with Crippen LogP contribution in [0, 0.1) is 5.92 Å². The molecule has 2 saturated heterocycles. The van der Waals surface area contributed by atoms with E-state index >= 15 is 0 Å². The summed E-state index contributed by atoms with van der Waals surface area (Å²) in [5, 5.41) is 3.25. The summed E-state index contributed by atoms with van der Waals surface area (Å²) in [5.41, 5.74) is 0.981. The van der Waals surface area contributed by atoms with Gasteiger partial charge in [-0.25, -0.2) is 4.98 Å². The van der Waals surface area contributed by atoms with Crippen molar-refractivity contribution >= 4 is 0 Å². The summed E-state index contributed by atoms with van der Waals surface area (Å²) in [6.07, 6.45) is 5.12. The summed E-state index contributed by atoms with van der Waals surface area (Å²) in [7, 11) is 0. The Hall–Kier alpha value is -0.870. The number of hydrogen-bond acceptors (Lipinski definition) is 4. The van der Waals surface area contributed by atoms with Crippen LogP contribution in [0.1, 0.15) is 30.5 Å². The maximum atomic E-state index is 5.56. The molecule has 1 unspecified atom stereocenters. The fraction of sp³-hybridized carbons (Fsp3) is 0.727. The summed E-state index contributed by atoms with van der Waals surface area (Å²) in [6, 6.07) is 0. The van der Waals surface area contributed by atoms with Crippen LogP contribution in [0.15, 0.2) is 10.7 Å². The molecule has 2 fully saturated rings. The van der Waals surface area contributed by atoms with Gasteiger partial charge in [0, 0.05) is 13.0 Å². The highest BCUT2D eigenvalue weighted by Crippen LogP contribution is 2.28. The lowest BCUT2D eigenvalue weighted by Gasteiger charge is -2.25. The summed E-state index contributed by atoms with van der Waals surface area (Å²) in [4.78, 5) is 4.49. The number of hydrogen-bond donors (Lipinski definition) is 1. The van der Waals surface area contributed by atoms with E-state index in [0.717, 1.165) is 50.5 Å². The number of rotatable bonds is 3. The second-order valence-corrected chi connectivity index (χ2v) is 4.40. The zero-order valence-electron chi connectivity index (χ0n) is 8.74. The third-order valence-corrected chi connectivity index (χ3v) is 3.16. The Kier molecular flexibility index (Phi) is 2.46. The van der Waals surface area contributed by atoms with Crippen molar-refractivity contribution in [3.63, 3.8) is 0 Å². The van der Waals surface area contributed by atoms with Gasteiger partial charge in [0.1, 0.15) is 18.1 Å². The molecule has 1 N–H and O–H groups in total. The Morgan fingerprint density at radius 1 is 1.47 bits per heavy atom. The first-order valence-corrected chi connectivity index (χ1v) is 5.68. The normalized spacial score (nSPS) is 26.8. The maximum absolute atomic E-state index is 5.56. The van der Waals surface area contributed by atoms with Crippen molar-refractivity contribution in [2.45, 2.75) is 25.4 Å². The fourth-order valence-electron chi connectivity index (χ4n) is 2.12. The Morgan fingerprint density at radius 3 is 3.07 bits per heavy atom. The van der Waals surface area contributed by atoms with Gasteiger partial charge in [-0.15, -0.1) is 0 Å². The van der Waals surface area contributed by atoms with E-state index in [9.17, 15) is 0 Å². The molecule has 1 atom stereocenters. The van der Waals surface area contributed by atoms with E-state index in [2.05, 4.69) is 10.3 Å². The van der Waals surface area contributed by atoms with Crippen molar-refractivity contribution in [3.8, 4) is 0 Å². The molecular formula is C11H16N2O2. The van der Waals surface area contributed by atoms with Crippen LogP contribution in [0.2, 0.25) is 0 Å². The summed E-state index contributed by atoms with van der Waals surface area (Å²) in [5.74, 6) is 1.58. The second-order valence-electron chi connectivity index (χ2n) is 4.40. The predicted molar refractivity (Wildman–Crippen MR) is 54.5 cm³/mol. The minimum Gasteiger partial charge on any atom is -0.449 e. The third-order valence-electron chi connectivity index (χ3n) is 3.16. The summed E-state index contributed by atoms with van der Waals surface area (Å²) < 4.78 is 11.0. The van der Waals surface area contributed by atoms with Crippen molar-refractivity contribution in [2.75, 3.05) is 19.7 Å². The monoisotopic (exact) mass is 208 g/mol. The molecular weight excluding hydrogens is 192 g/mol. The Labute approximate surface area is 89.0 Å². The molecule has 2 aliphatic heterocycles. The zero-order valence-corrected chi connectivity index (χ0v) is 8.74. The molecule has 0 aromatic carbocycles. The van der Waals surface area contributed by atoms with Gasteiger partial charge in [0.25, 0.3) is 0 Å². The Morgan fingerprint density at radius 2 is 2.40 bits per heavy atom. The first-order chi connectivity index (χ1) is 7.42. The number of oxazole rings is 1. The van der Waals surface area contributed by atoms with E-state index in [-0.39, 0.29) is 6.10 Å². The lowest BCUT2D eigenvalue weighted by atomic mass is 10.00. The van der Waals surface area contributed by atoms with Gasteiger partial charge in [0.2, 0.25) is 0 Å². The van der Waals surface area contributed by atoms with E-state index in [1.165, 1.54) is 0 Å². The molecule has 15 heavy (non-hydrogen) atoms. The van der Waals surface area contributed by atoms with Crippen molar-refractivity contribution < 1.29 is 9.15 Å².